The van der Waals surface area contributed by atoms with Crippen molar-refractivity contribution in [3.05, 3.63) is 47.4 Å². The molecule has 2 aromatic heterocycles. The molecule has 0 N–H and O–H groups in total. The lowest BCUT2D eigenvalue weighted by Gasteiger charge is -2.44. The third-order valence-electron chi connectivity index (χ3n) is 7.36. The van der Waals surface area contributed by atoms with Gasteiger partial charge in [0.05, 0.1) is 23.0 Å². The van der Waals surface area contributed by atoms with Gasteiger partial charge in [-0.25, -0.2) is 4.98 Å². The number of carbonyl (C=O) groups is 1. The number of methoxy groups -OCH3 is 1. The predicted molar refractivity (Wildman–Crippen MR) is 143 cm³/mol. The van der Waals surface area contributed by atoms with E-state index in [4.69, 9.17) is 9.72 Å². The molecular formula is C29H37N5O2. The van der Waals surface area contributed by atoms with Crippen molar-refractivity contribution in [2.75, 3.05) is 38.3 Å². The van der Waals surface area contributed by atoms with Gasteiger partial charge in [0.25, 0.3) is 0 Å². The average molecular weight is 488 g/mol. The molecule has 0 aromatic carbocycles. The molecule has 1 aliphatic carbocycles. The number of carbonyl (C=O) groups excluding carboxylic acids is 1. The summed E-state index contributed by atoms with van der Waals surface area (Å²) in [6.45, 7) is 12.8. The number of pyridine rings is 2. The summed E-state index contributed by atoms with van der Waals surface area (Å²) in [7, 11) is 1.66. The largest absolute Gasteiger partial charge is 0.385 e. The summed E-state index contributed by atoms with van der Waals surface area (Å²) in [5, 5.41) is 10.3. The molecule has 7 nitrogen and oxygen atoms in total. The Balaban J connectivity index is 1.70. The lowest BCUT2D eigenvalue weighted by Crippen LogP contribution is -2.57. The number of anilines is 1. The topological polar surface area (TPSA) is 82.4 Å². The molecule has 0 spiro atoms. The molecule has 3 heterocycles. The first kappa shape index (κ1) is 25.8. The van der Waals surface area contributed by atoms with Gasteiger partial charge in [-0.15, -0.1) is 0 Å². The summed E-state index contributed by atoms with van der Waals surface area (Å²) in [6, 6.07) is 6.55. The Hall–Kier alpha value is -3.24. The molecule has 4 rings (SSSR count). The van der Waals surface area contributed by atoms with E-state index in [1.807, 2.05) is 24.0 Å². The van der Waals surface area contributed by atoms with E-state index in [0.29, 0.717) is 50.1 Å². The zero-order chi connectivity index (χ0) is 25.8. The van der Waals surface area contributed by atoms with E-state index in [2.05, 4.69) is 36.4 Å². The number of hydrogen-bond acceptors (Lipinski definition) is 6. The second kappa shape index (κ2) is 11.2. The molecular weight excluding hydrogens is 450 g/mol. The molecule has 2 aliphatic rings. The quantitative estimate of drug-likeness (QED) is 0.466. The first-order valence-corrected chi connectivity index (χ1v) is 13.0. The van der Waals surface area contributed by atoms with Gasteiger partial charge in [0, 0.05) is 57.4 Å². The maximum absolute atomic E-state index is 13.0. The number of rotatable bonds is 9. The van der Waals surface area contributed by atoms with Crippen LogP contribution in [0.4, 0.5) is 5.82 Å². The fraction of sp³-hybridized carbons (Fsp3) is 0.517. The number of aromatic nitrogens is 2. The molecule has 0 unspecified atom stereocenters. The third-order valence-corrected chi connectivity index (χ3v) is 7.36. The number of nitriles is 1. The fourth-order valence-corrected chi connectivity index (χ4v) is 5.20. The third kappa shape index (κ3) is 5.29. The highest BCUT2D eigenvalue weighted by Crippen LogP contribution is 2.46. The molecule has 2 fully saturated rings. The standard InChI is InChI=1S/C29H37N5O2/c1-6-23-16-22(11-12-31-23)27-20(4)24(17-30)29(32-28(27)21-9-10-21)33-13-14-34(25(18-33)19(2)3)26(35)8-7-15-36-5/h6,11-12,16,19,21,25H,1,7-10,13-15,18H2,2-5H3/t25-/m0/s1. The summed E-state index contributed by atoms with van der Waals surface area (Å²) < 4.78 is 5.13. The lowest BCUT2D eigenvalue weighted by molar-refractivity contribution is -0.135. The Morgan fingerprint density at radius 1 is 1.36 bits per heavy atom. The summed E-state index contributed by atoms with van der Waals surface area (Å²) >= 11 is 0. The normalized spacial score (nSPS) is 17.8. The average Bonchev–Trinajstić information content (AvgIpc) is 3.73. The van der Waals surface area contributed by atoms with Crippen molar-refractivity contribution in [1.29, 1.82) is 5.26 Å². The number of hydrogen-bond donors (Lipinski definition) is 0. The second-order valence-electron chi connectivity index (χ2n) is 10.2. The van der Waals surface area contributed by atoms with Gasteiger partial charge in [-0.1, -0.05) is 20.4 Å². The molecule has 1 amide bonds. The zero-order valence-electron chi connectivity index (χ0n) is 22.0. The minimum absolute atomic E-state index is 0.0712. The van der Waals surface area contributed by atoms with Gasteiger partial charge in [0.1, 0.15) is 11.9 Å². The van der Waals surface area contributed by atoms with Gasteiger partial charge < -0.3 is 14.5 Å². The van der Waals surface area contributed by atoms with Crippen LogP contribution in [0.2, 0.25) is 0 Å². The first-order valence-electron chi connectivity index (χ1n) is 13.0. The Bertz CT molecular complexity index is 1160. The molecule has 1 saturated heterocycles. The van der Waals surface area contributed by atoms with E-state index in [1.165, 1.54) is 0 Å². The number of nitrogens with zero attached hydrogens (tertiary/aromatic N) is 5. The maximum Gasteiger partial charge on any atom is 0.223 e. The molecule has 2 aromatic rings. The SMILES string of the molecule is C=Cc1cc(-c2c(C3CC3)nc(N3CCN(C(=O)CCCOC)[C@H](C(C)C)C3)c(C#N)c2C)ccn1. The van der Waals surface area contributed by atoms with E-state index in [9.17, 15) is 10.1 Å². The van der Waals surface area contributed by atoms with Crippen LogP contribution < -0.4 is 4.90 Å². The summed E-state index contributed by atoms with van der Waals surface area (Å²) in [4.78, 5) is 26.8. The molecule has 190 valence electrons. The molecule has 0 radical (unpaired) electrons. The number of piperazine rings is 1. The van der Waals surface area contributed by atoms with E-state index < -0.39 is 0 Å². The van der Waals surface area contributed by atoms with E-state index in [1.54, 1.807) is 19.4 Å². The van der Waals surface area contributed by atoms with Crippen LogP contribution in [0.5, 0.6) is 0 Å². The lowest BCUT2D eigenvalue weighted by atomic mass is 9.93. The molecule has 1 aliphatic heterocycles. The Morgan fingerprint density at radius 2 is 2.14 bits per heavy atom. The van der Waals surface area contributed by atoms with Crippen LogP contribution in [-0.2, 0) is 9.53 Å². The summed E-state index contributed by atoms with van der Waals surface area (Å²) in [5.41, 5.74) is 5.54. The van der Waals surface area contributed by atoms with Crippen LogP contribution >= 0.6 is 0 Å². The van der Waals surface area contributed by atoms with Crippen molar-refractivity contribution in [2.24, 2.45) is 5.92 Å². The van der Waals surface area contributed by atoms with Gasteiger partial charge in [0.2, 0.25) is 5.91 Å². The van der Waals surface area contributed by atoms with Crippen molar-refractivity contribution >= 4 is 17.8 Å². The van der Waals surface area contributed by atoms with E-state index >= 15 is 0 Å². The number of amides is 1. The Labute approximate surface area is 214 Å². The summed E-state index contributed by atoms with van der Waals surface area (Å²) in [6.07, 6.45) is 6.99. The summed E-state index contributed by atoms with van der Waals surface area (Å²) in [5.74, 6) is 1.65. The maximum atomic E-state index is 13.0. The molecule has 7 heteroatoms. The van der Waals surface area contributed by atoms with Gasteiger partial charge >= 0.3 is 0 Å². The minimum atomic E-state index is 0.0712. The predicted octanol–water partition coefficient (Wildman–Crippen LogP) is 4.94. The van der Waals surface area contributed by atoms with Crippen molar-refractivity contribution in [3.63, 3.8) is 0 Å². The van der Waals surface area contributed by atoms with Crippen LogP contribution in [-0.4, -0.2) is 60.2 Å². The highest BCUT2D eigenvalue weighted by molar-refractivity contribution is 5.79. The highest BCUT2D eigenvalue weighted by atomic mass is 16.5. The van der Waals surface area contributed by atoms with Crippen LogP contribution in [0.15, 0.2) is 24.9 Å². The van der Waals surface area contributed by atoms with Crippen LogP contribution in [0.1, 0.15) is 68.0 Å². The molecule has 1 saturated carbocycles. The smallest absolute Gasteiger partial charge is 0.223 e. The second-order valence-corrected chi connectivity index (χ2v) is 10.2. The monoisotopic (exact) mass is 487 g/mol. The van der Waals surface area contributed by atoms with Crippen molar-refractivity contribution in [1.82, 2.24) is 14.9 Å². The highest BCUT2D eigenvalue weighted by Gasteiger charge is 2.36. The zero-order valence-corrected chi connectivity index (χ0v) is 22.0. The van der Waals surface area contributed by atoms with Gasteiger partial charge in [-0.3, -0.25) is 9.78 Å². The van der Waals surface area contributed by atoms with Crippen molar-refractivity contribution < 1.29 is 9.53 Å². The van der Waals surface area contributed by atoms with Gasteiger partial charge in [-0.2, -0.15) is 5.26 Å². The van der Waals surface area contributed by atoms with E-state index in [-0.39, 0.29) is 11.9 Å². The van der Waals surface area contributed by atoms with E-state index in [0.717, 1.165) is 53.2 Å². The minimum Gasteiger partial charge on any atom is -0.385 e. The van der Waals surface area contributed by atoms with Crippen LogP contribution in [0, 0.1) is 24.2 Å². The first-order chi connectivity index (χ1) is 17.4. The van der Waals surface area contributed by atoms with Crippen molar-refractivity contribution in [2.45, 2.75) is 58.4 Å². The van der Waals surface area contributed by atoms with Crippen LogP contribution in [0.25, 0.3) is 17.2 Å². The van der Waals surface area contributed by atoms with Crippen molar-refractivity contribution in [3.8, 4) is 17.2 Å². The van der Waals surface area contributed by atoms with Gasteiger partial charge in [0.15, 0.2) is 0 Å². The Morgan fingerprint density at radius 3 is 2.78 bits per heavy atom. The van der Waals surface area contributed by atoms with Gasteiger partial charge in [-0.05, 0) is 61.4 Å². The molecule has 0 bridgehead atoms. The van der Waals surface area contributed by atoms with Crippen LogP contribution in [0.3, 0.4) is 0 Å². The number of ether oxygens (including phenoxy) is 1. The fourth-order valence-electron chi connectivity index (χ4n) is 5.20. The molecule has 36 heavy (non-hydrogen) atoms. The Kier molecular flexibility index (Phi) is 8.05. The molecule has 1 atom stereocenters.